The Morgan fingerprint density at radius 2 is 1.90 bits per heavy atom. The van der Waals surface area contributed by atoms with Crippen LogP contribution in [0.1, 0.15) is 29.7 Å². The Labute approximate surface area is 179 Å². The number of hydrogen-bond acceptors (Lipinski definition) is 5. The normalized spacial score (nSPS) is 15.5. The summed E-state index contributed by atoms with van der Waals surface area (Å²) in [6.07, 6.45) is 5.38. The minimum atomic E-state index is 0.732. The highest BCUT2D eigenvalue weighted by molar-refractivity contribution is 7.11. The molecule has 0 unspecified atom stereocenters. The molecule has 7 heteroatoms. The lowest BCUT2D eigenvalue weighted by Gasteiger charge is -2.36. The van der Waals surface area contributed by atoms with Crippen LogP contribution in [0.5, 0.6) is 0 Å². The molecule has 2 aromatic rings. The molecular weight excluding hydrogens is 380 g/mol. The minimum Gasteiger partial charge on any atom is -0.369 e. The smallest absolute Gasteiger partial charge is 0.191 e. The Balaban J connectivity index is 1.25. The lowest BCUT2D eigenvalue weighted by Crippen LogP contribution is -2.46. The van der Waals surface area contributed by atoms with Crippen molar-refractivity contribution in [3.63, 3.8) is 0 Å². The standard InChI is InChI=1S/C22H34N6S/c1-3-20-17-25-21(29-20)18-26-22(23-2)24-11-7-8-12-27-13-15-28(16-14-27)19-9-5-4-6-10-19/h4-6,9-10,17H,3,7-8,11-16,18H2,1-2H3,(H2,23,24,26). The summed E-state index contributed by atoms with van der Waals surface area (Å²) in [6, 6.07) is 10.7. The van der Waals surface area contributed by atoms with Gasteiger partial charge < -0.3 is 15.5 Å². The van der Waals surface area contributed by atoms with Crippen LogP contribution in [0.15, 0.2) is 41.5 Å². The molecule has 1 aromatic heterocycles. The monoisotopic (exact) mass is 414 g/mol. The van der Waals surface area contributed by atoms with Crippen LogP contribution in [0.4, 0.5) is 5.69 Å². The number of aliphatic imine (C=N–C) groups is 1. The molecule has 1 aromatic carbocycles. The fourth-order valence-electron chi connectivity index (χ4n) is 3.51. The number of benzene rings is 1. The van der Waals surface area contributed by atoms with Crippen LogP contribution >= 0.6 is 11.3 Å². The zero-order valence-corrected chi connectivity index (χ0v) is 18.5. The molecule has 0 saturated carbocycles. The second kappa shape index (κ2) is 11.8. The SMILES string of the molecule is CCc1cnc(CNC(=NC)NCCCCN2CCN(c3ccccc3)CC2)s1. The number of anilines is 1. The van der Waals surface area contributed by atoms with E-state index in [1.807, 2.05) is 13.2 Å². The van der Waals surface area contributed by atoms with Gasteiger partial charge in [-0.2, -0.15) is 0 Å². The van der Waals surface area contributed by atoms with Gasteiger partial charge in [0.2, 0.25) is 0 Å². The molecule has 0 radical (unpaired) electrons. The molecule has 1 aliphatic heterocycles. The van der Waals surface area contributed by atoms with Crippen molar-refractivity contribution in [2.45, 2.75) is 32.7 Å². The number of thiazole rings is 1. The van der Waals surface area contributed by atoms with Crippen molar-refractivity contribution >= 4 is 23.0 Å². The lowest BCUT2D eigenvalue weighted by molar-refractivity contribution is 0.253. The first-order chi connectivity index (χ1) is 14.3. The summed E-state index contributed by atoms with van der Waals surface area (Å²) >= 11 is 1.77. The van der Waals surface area contributed by atoms with Crippen LogP contribution in [0.3, 0.4) is 0 Å². The number of para-hydroxylation sites is 1. The molecule has 6 nitrogen and oxygen atoms in total. The Morgan fingerprint density at radius 1 is 1.10 bits per heavy atom. The maximum Gasteiger partial charge on any atom is 0.191 e. The molecule has 29 heavy (non-hydrogen) atoms. The van der Waals surface area contributed by atoms with Gasteiger partial charge >= 0.3 is 0 Å². The van der Waals surface area contributed by atoms with Gasteiger partial charge in [0.1, 0.15) is 5.01 Å². The molecule has 2 N–H and O–H groups in total. The summed E-state index contributed by atoms with van der Waals surface area (Å²) in [6.45, 7) is 9.56. The first kappa shape index (κ1) is 21.6. The maximum atomic E-state index is 4.44. The molecule has 158 valence electrons. The number of rotatable bonds is 9. The lowest BCUT2D eigenvalue weighted by atomic mass is 10.2. The van der Waals surface area contributed by atoms with Crippen molar-refractivity contribution in [3.05, 3.63) is 46.4 Å². The molecule has 1 saturated heterocycles. The van der Waals surface area contributed by atoms with Crippen molar-refractivity contribution in [1.29, 1.82) is 0 Å². The fourth-order valence-corrected chi connectivity index (χ4v) is 4.31. The fraction of sp³-hybridized carbons (Fsp3) is 0.545. The summed E-state index contributed by atoms with van der Waals surface area (Å²) in [5, 5.41) is 7.88. The summed E-state index contributed by atoms with van der Waals surface area (Å²) in [7, 11) is 1.82. The summed E-state index contributed by atoms with van der Waals surface area (Å²) in [4.78, 5) is 15.2. The minimum absolute atomic E-state index is 0.732. The van der Waals surface area contributed by atoms with Gasteiger partial charge in [0.15, 0.2) is 5.96 Å². The average molecular weight is 415 g/mol. The van der Waals surface area contributed by atoms with Crippen molar-refractivity contribution in [2.75, 3.05) is 51.2 Å². The van der Waals surface area contributed by atoms with Crippen LogP contribution in [0.25, 0.3) is 0 Å². The maximum absolute atomic E-state index is 4.44. The molecular formula is C22H34N6S. The van der Waals surface area contributed by atoms with Gasteiger partial charge in [-0.05, 0) is 37.9 Å². The number of guanidine groups is 1. The number of piperazine rings is 1. The Bertz CT molecular complexity index is 737. The van der Waals surface area contributed by atoms with E-state index in [4.69, 9.17) is 0 Å². The molecule has 1 fully saturated rings. The first-order valence-electron chi connectivity index (χ1n) is 10.7. The molecule has 0 bridgehead atoms. The quantitative estimate of drug-likeness (QED) is 0.375. The average Bonchev–Trinajstić information content (AvgIpc) is 3.25. The van der Waals surface area contributed by atoms with Gasteiger partial charge in [-0.1, -0.05) is 25.1 Å². The zero-order chi connectivity index (χ0) is 20.3. The molecule has 0 spiro atoms. The third-order valence-corrected chi connectivity index (χ3v) is 6.41. The van der Waals surface area contributed by atoms with Crippen molar-refractivity contribution in [2.24, 2.45) is 4.99 Å². The van der Waals surface area contributed by atoms with Gasteiger partial charge in [-0.25, -0.2) is 4.98 Å². The molecule has 3 rings (SSSR count). The molecule has 0 aliphatic carbocycles. The number of aromatic nitrogens is 1. The first-order valence-corrected chi connectivity index (χ1v) is 11.5. The Kier molecular flexibility index (Phi) is 8.77. The summed E-state index contributed by atoms with van der Waals surface area (Å²) in [5.41, 5.74) is 1.35. The van der Waals surface area contributed by atoms with E-state index in [0.717, 1.165) is 63.1 Å². The van der Waals surface area contributed by atoms with Crippen molar-refractivity contribution in [1.82, 2.24) is 20.5 Å². The predicted octanol–water partition coefficient (Wildman–Crippen LogP) is 2.97. The van der Waals surface area contributed by atoms with Gasteiger partial charge in [-0.3, -0.25) is 9.89 Å². The van der Waals surface area contributed by atoms with Gasteiger partial charge in [0, 0.05) is 56.5 Å². The van der Waals surface area contributed by atoms with Crippen LogP contribution in [-0.2, 0) is 13.0 Å². The third kappa shape index (κ3) is 7.01. The third-order valence-electron chi connectivity index (χ3n) is 5.27. The molecule has 0 atom stereocenters. The summed E-state index contributed by atoms with van der Waals surface area (Å²) < 4.78 is 0. The Hall–Kier alpha value is -2.12. The number of unbranched alkanes of at least 4 members (excludes halogenated alkanes) is 1. The van der Waals surface area contributed by atoms with E-state index in [0.29, 0.717) is 0 Å². The number of nitrogens with one attached hydrogen (secondary N) is 2. The van der Waals surface area contributed by atoms with E-state index in [1.54, 1.807) is 11.3 Å². The largest absolute Gasteiger partial charge is 0.369 e. The highest BCUT2D eigenvalue weighted by atomic mass is 32.1. The van der Waals surface area contributed by atoms with Gasteiger partial charge in [0.25, 0.3) is 0 Å². The van der Waals surface area contributed by atoms with Crippen molar-refractivity contribution < 1.29 is 0 Å². The zero-order valence-electron chi connectivity index (χ0n) is 17.7. The van der Waals surface area contributed by atoms with E-state index >= 15 is 0 Å². The van der Waals surface area contributed by atoms with Crippen molar-refractivity contribution in [3.8, 4) is 0 Å². The van der Waals surface area contributed by atoms with Crippen LogP contribution in [0.2, 0.25) is 0 Å². The number of aryl methyl sites for hydroxylation is 1. The number of nitrogens with zero attached hydrogens (tertiary/aromatic N) is 4. The molecule has 0 amide bonds. The highest BCUT2D eigenvalue weighted by Crippen LogP contribution is 2.15. The van der Waals surface area contributed by atoms with E-state index < -0.39 is 0 Å². The van der Waals surface area contributed by atoms with Gasteiger partial charge in [0.05, 0.1) is 6.54 Å². The second-order valence-electron chi connectivity index (χ2n) is 7.30. The topological polar surface area (TPSA) is 55.8 Å². The Morgan fingerprint density at radius 3 is 2.59 bits per heavy atom. The number of hydrogen-bond donors (Lipinski definition) is 2. The van der Waals surface area contributed by atoms with E-state index in [2.05, 4.69) is 67.7 Å². The highest BCUT2D eigenvalue weighted by Gasteiger charge is 2.16. The van der Waals surface area contributed by atoms with Gasteiger partial charge in [-0.15, -0.1) is 11.3 Å². The predicted molar refractivity (Wildman–Crippen MR) is 124 cm³/mol. The van der Waals surface area contributed by atoms with Crippen LogP contribution in [0, 0.1) is 0 Å². The second-order valence-corrected chi connectivity index (χ2v) is 8.50. The molecule has 1 aliphatic rings. The van der Waals surface area contributed by atoms with Crippen LogP contribution in [-0.4, -0.2) is 62.2 Å². The van der Waals surface area contributed by atoms with E-state index in [-0.39, 0.29) is 0 Å². The molecule has 2 heterocycles. The van der Waals surface area contributed by atoms with Crippen LogP contribution < -0.4 is 15.5 Å². The summed E-state index contributed by atoms with van der Waals surface area (Å²) in [5.74, 6) is 0.856. The van der Waals surface area contributed by atoms with E-state index in [1.165, 1.54) is 23.5 Å². The van der Waals surface area contributed by atoms with E-state index in [9.17, 15) is 0 Å².